The van der Waals surface area contributed by atoms with Crippen LogP contribution in [0.5, 0.6) is 0 Å². The van der Waals surface area contributed by atoms with Gasteiger partial charge in [-0.2, -0.15) is 0 Å². The quantitative estimate of drug-likeness (QED) is 0.852. The molecule has 0 saturated carbocycles. The monoisotopic (exact) mass is 240 g/mol. The van der Waals surface area contributed by atoms with Crippen LogP contribution in [0, 0.1) is 0 Å². The van der Waals surface area contributed by atoms with Crippen molar-refractivity contribution in [2.45, 2.75) is 25.9 Å². The smallest absolute Gasteiger partial charge is 0.0406 e. The molecule has 0 fully saturated rings. The molecule has 0 amide bonds. The van der Waals surface area contributed by atoms with Crippen LogP contribution in [0.25, 0.3) is 0 Å². The summed E-state index contributed by atoms with van der Waals surface area (Å²) >= 11 is 5.88. The lowest BCUT2D eigenvalue weighted by Crippen LogP contribution is -2.36. The molecule has 0 aliphatic carbocycles. The molecule has 1 aromatic rings. The molecule has 0 aromatic heterocycles. The summed E-state index contributed by atoms with van der Waals surface area (Å²) in [4.78, 5) is 2.34. The number of halogens is 1. The predicted molar refractivity (Wildman–Crippen MR) is 71.0 cm³/mol. The van der Waals surface area contributed by atoms with Crippen molar-refractivity contribution < 1.29 is 0 Å². The fourth-order valence-corrected chi connectivity index (χ4v) is 1.80. The molecule has 0 saturated heterocycles. The summed E-state index contributed by atoms with van der Waals surface area (Å²) in [6.07, 6.45) is 0. The third-order valence-electron chi connectivity index (χ3n) is 3.07. The molecule has 0 aliphatic heterocycles. The standard InChI is InChI=1S/C13H21ClN2/c1-10(15-3)9-16(4)11(2)12-5-7-13(14)8-6-12/h5-8,10-11,15H,9H2,1-4H3. The molecule has 0 radical (unpaired) electrons. The molecule has 0 bridgehead atoms. The number of benzene rings is 1. The van der Waals surface area contributed by atoms with Crippen molar-refractivity contribution in [3.63, 3.8) is 0 Å². The maximum Gasteiger partial charge on any atom is 0.0406 e. The minimum Gasteiger partial charge on any atom is -0.316 e. The van der Waals surface area contributed by atoms with Crippen LogP contribution >= 0.6 is 11.6 Å². The third kappa shape index (κ3) is 3.78. The molecule has 16 heavy (non-hydrogen) atoms. The fourth-order valence-electron chi connectivity index (χ4n) is 1.68. The summed E-state index contributed by atoms with van der Waals surface area (Å²) in [5, 5.41) is 4.04. The third-order valence-corrected chi connectivity index (χ3v) is 3.32. The lowest BCUT2D eigenvalue weighted by Gasteiger charge is -2.27. The number of hydrogen-bond donors (Lipinski definition) is 1. The van der Waals surface area contributed by atoms with Gasteiger partial charge in [-0.05, 0) is 45.6 Å². The Morgan fingerprint density at radius 3 is 2.31 bits per heavy atom. The summed E-state index contributed by atoms with van der Waals surface area (Å²) in [6.45, 7) is 5.43. The summed E-state index contributed by atoms with van der Waals surface area (Å²) in [5.74, 6) is 0. The van der Waals surface area contributed by atoms with Crippen LogP contribution in [0.3, 0.4) is 0 Å². The van der Waals surface area contributed by atoms with Gasteiger partial charge in [0, 0.05) is 23.7 Å². The summed E-state index contributed by atoms with van der Waals surface area (Å²) in [5.41, 5.74) is 1.30. The van der Waals surface area contributed by atoms with Crippen LogP contribution in [0.1, 0.15) is 25.5 Å². The van der Waals surface area contributed by atoms with Crippen molar-refractivity contribution in [3.8, 4) is 0 Å². The maximum absolute atomic E-state index is 5.88. The highest BCUT2D eigenvalue weighted by molar-refractivity contribution is 6.30. The van der Waals surface area contributed by atoms with Crippen molar-refractivity contribution in [2.24, 2.45) is 0 Å². The number of nitrogens with zero attached hydrogens (tertiary/aromatic N) is 1. The molecule has 3 heteroatoms. The first kappa shape index (κ1) is 13.5. The second-order valence-corrected chi connectivity index (χ2v) is 4.79. The van der Waals surface area contributed by atoms with Crippen LogP contribution in [0.2, 0.25) is 5.02 Å². The van der Waals surface area contributed by atoms with E-state index in [4.69, 9.17) is 11.6 Å². The largest absolute Gasteiger partial charge is 0.316 e. The predicted octanol–water partition coefficient (Wildman–Crippen LogP) is 2.94. The minimum atomic E-state index is 0.410. The van der Waals surface area contributed by atoms with Gasteiger partial charge < -0.3 is 5.32 Å². The van der Waals surface area contributed by atoms with Gasteiger partial charge in [-0.3, -0.25) is 4.90 Å². The molecule has 1 N–H and O–H groups in total. The lowest BCUT2D eigenvalue weighted by atomic mass is 10.1. The van der Waals surface area contributed by atoms with Gasteiger partial charge in [-0.25, -0.2) is 0 Å². The molecule has 1 rings (SSSR count). The van der Waals surface area contributed by atoms with Crippen molar-refractivity contribution in [2.75, 3.05) is 20.6 Å². The Morgan fingerprint density at radius 2 is 1.81 bits per heavy atom. The van der Waals surface area contributed by atoms with E-state index in [1.54, 1.807) is 0 Å². The molecule has 2 nitrogen and oxygen atoms in total. The Morgan fingerprint density at radius 1 is 1.25 bits per heavy atom. The highest BCUT2D eigenvalue weighted by Crippen LogP contribution is 2.20. The van der Waals surface area contributed by atoms with Crippen molar-refractivity contribution in [1.29, 1.82) is 0 Å². The molecule has 0 aliphatic rings. The van der Waals surface area contributed by atoms with Gasteiger partial charge in [0.15, 0.2) is 0 Å². The van der Waals surface area contributed by atoms with Crippen molar-refractivity contribution >= 4 is 11.6 Å². The van der Waals surface area contributed by atoms with Gasteiger partial charge in [0.05, 0.1) is 0 Å². The van der Waals surface area contributed by atoms with Gasteiger partial charge in [0.25, 0.3) is 0 Å². The van der Waals surface area contributed by atoms with Crippen molar-refractivity contribution in [1.82, 2.24) is 10.2 Å². The zero-order chi connectivity index (χ0) is 12.1. The van der Waals surface area contributed by atoms with E-state index in [2.05, 4.69) is 43.2 Å². The number of rotatable bonds is 5. The average molecular weight is 241 g/mol. The molecule has 2 unspecified atom stereocenters. The van der Waals surface area contributed by atoms with E-state index in [1.807, 2.05) is 19.2 Å². The first-order valence-corrected chi connectivity index (χ1v) is 6.05. The minimum absolute atomic E-state index is 0.410. The Labute approximate surface area is 104 Å². The van der Waals surface area contributed by atoms with Gasteiger partial charge in [-0.1, -0.05) is 23.7 Å². The zero-order valence-corrected chi connectivity index (χ0v) is 11.3. The summed E-state index contributed by atoms with van der Waals surface area (Å²) < 4.78 is 0. The van der Waals surface area contributed by atoms with Gasteiger partial charge in [0.1, 0.15) is 0 Å². The number of nitrogens with one attached hydrogen (secondary N) is 1. The SMILES string of the molecule is CNC(C)CN(C)C(C)c1ccc(Cl)cc1. The summed E-state index contributed by atoms with van der Waals surface area (Å²) in [6, 6.07) is 8.99. The highest BCUT2D eigenvalue weighted by Gasteiger charge is 2.13. The molecule has 0 spiro atoms. The highest BCUT2D eigenvalue weighted by atomic mass is 35.5. The summed E-state index contributed by atoms with van der Waals surface area (Å²) in [7, 11) is 4.14. The Balaban J connectivity index is 2.62. The maximum atomic E-state index is 5.88. The molecule has 0 heterocycles. The van der Waals surface area contributed by atoms with E-state index >= 15 is 0 Å². The molecular formula is C13H21ClN2. The van der Waals surface area contributed by atoms with E-state index in [0.29, 0.717) is 12.1 Å². The molecule has 90 valence electrons. The Hall–Kier alpha value is -0.570. The number of likely N-dealkylation sites (N-methyl/N-ethyl adjacent to an activating group) is 2. The van der Waals surface area contributed by atoms with E-state index in [1.165, 1.54) is 5.56 Å². The van der Waals surface area contributed by atoms with Gasteiger partial charge >= 0.3 is 0 Å². The average Bonchev–Trinajstić information content (AvgIpc) is 2.28. The Bertz CT molecular complexity index is 310. The molecule has 1 aromatic carbocycles. The zero-order valence-electron chi connectivity index (χ0n) is 10.5. The van der Waals surface area contributed by atoms with Gasteiger partial charge in [-0.15, -0.1) is 0 Å². The second kappa shape index (κ2) is 6.24. The molecule has 2 atom stereocenters. The van der Waals surface area contributed by atoms with E-state index in [-0.39, 0.29) is 0 Å². The van der Waals surface area contributed by atoms with E-state index in [9.17, 15) is 0 Å². The topological polar surface area (TPSA) is 15.3 Å². The van der Waals surface area contributed by atoms with E-state index in [0.717, 1.165) is 11.6 Å². The van der Waals surface area contributed by atoms with Crippen LogP contribution in [-0.2, 0) is 0 Å². The van der Waals surface area contributed by atoms with Gasteiger partial charge in [0.2, 0.25) is 0 Å². The van der Waals surface area contributed by atoms with E-state index < -0.39 is 0 Å². The van der Waals surface area contributed by atoms with Crippen LogP contribution in [-0.4, -0.2) is 31.6 Å². The Kier molecular flexibility index (Phi) is 5.26. The first-order chi connectivity index (χ1) is 7.54. The second-order valence-electron chi connectivity index (χ2n) is 4.36. The lowest BCUT2D eigenvalue weighted by molar-refractivity contribution is 0.240. The van der Waals surface area contributed by atoms with Crippen LogP contribution in [0.4, 0.5) is 0 Å². The fraction of sp³-hybridized carbons (Fsp3) is 0.538. The number of hydrogen-bond acceptors (Lipinski definition) is 2. The first-order valence-electron chi connectivity index (χ1n) is 5.67. The van der Waals surface area contributed by atoms with Crippen LogP contribution < -0.4 is 5.32 Å². The molecular weight excluding hydrogens is 220 g/mol. The normalized spacial score (nSPS) is 15.1. The van der Waals surface area contributed by atoms with Crippen molar-refractivity contribution in [3.05, 3.63) is 34.9 Å². The van der Waals surface area contributed by atoms with Crippen LogP contribution in [0.15, 0.2) is 24.3 Å².